The number of hydrogen-bond donors (Lipinski definition) is 1. The molecule has 1 amide bonds. The second-order valence-corrected chi connectivity index (χ2v) is 9.37. The first kappa shape index (κ1) is 27.1. The van der Waals surface area contributed by atoms with E-state index in [-0.39, 0.29) is 23.8 Å². The predicted octanol–water partition coefficient (Wildman–Crippen LogP) is 1.89. The molecule has 0 radical (unpaired) electrons. The van der Waals surface area contributed by atoms with E-state index >= 15 is 0 Å². The Balaban J connectivity index is 1.80. The lowest BCUT2D eigenvalue weighted by atomic mass is 9.95. The molecule has 4 atom stereocenters. The molecule has 1 aromatic heterocycles. The zero-order valence-electron chi connectivity index (χ0n) is 21.1. The van der Waals surface area contributed by atoms with Crippen molar-refractivity contribution < 1.29 is 42.9 Å². The van der Waals surface area contributed by atoms with Crippen molar-refractivity contribution in [3.63, 3.8) is 0 Å². The number of amides is 1. The SMILES string of the molecule is CC[C@H]1C(=O)OC[C@H](NC(=O)c2nccc(C)c2OC(=O)C2CC2)C(=O)O[C@@H](C)[C@@H]1OC(=O)C(C)C. The minimum Gasteiger partial charge on any atom is -0.463 e. The van der Waals surface area contributed by atoms with Crippen LogP contribution in [0.25, 0.3) is 0 Å². The summed E-state index contributed by atoms with van der Waals surface area (Å²) in [5.41, 5.74) is 0.327. The third kappa shape index (κ3) is 6.38. The minimum atomic E-state index is -1.37. The Morgan fingerprint density at radius 2 is 1.89 bits per heavy atom. The molecule has 1 aliphatic carbocycles. The van der Waals surface area contributed by atoms with Gasteiger partial charge in [0.25, 0.3) is 5.91 Å². The fourth-order valence-corrected chi connectivity index (χ4v) is 3.65. The van der Waals surface area contributed by atoms with Crippen molar-refractivity contribution >= 4 is 29.8 Å². The lowest BCUT2D eigenvalue weighted by Gasteiger charge is -2.29. The number of hydrogen-bond acceptors (Lipinski definition) is 10. The molecule has 0 bridgehead atoms. The molecule has 0 aromatic carbocycles. The number of cyclic esters (lactones) is 2. The van der Waals surface area contributed by atoms with Crippen molar-refractivity contribution in [3.8, 4) is 5.75 Å². The fourth-order valence-electron chi connectivity index (χ4n) is 3.65. The summed E-state index contributed by atoms with van der Waals surface area (Å²) in [6.45, 7) is 7.69. The molecule has 196 valence electrons. The molecule has 1 saturated heterocycles. The standard InChI is InChI=1S/C25H32N2O9/c1-6-16-20(36-22(29)12(2)3)14(5)34-25(32)17(11-33-24(16)31)27-21(28)18-19(13(4)9-10-26-18)35-23(30)15-7-8-15/h9-10,12,14-17,20H,6-8,11H2,1-5H3,(H,27,28)/t14-,16+,17-,20-/m0/s1. The highest BCUT2D eigenvalue weighted by molar-refractivity contribution is 5.98. The maximum absolute atomic E-state index is 13.1. The summed E-state index contributed by atoms with van der Waals surface area (Å²) in [5.74, 6) is -4.88. The van der Waals surface area contributed by atoms with Crippen LogP contribution >= 0.6 is 0 Å². The molecule has 36 heavy (non-hydrogen) atoms. The van der Waals surface area contributed by atoms with Crippen molar-refractivity contribution in [2.75, 3.05) is 6.61 Å². The number of carbonyl (C=O) groups is 5. The van der Waals surface area contributed by atoms with Crippen LogP contribution in [0, 0.1) is 24.7 Å². The average Bonchev–Trinajstić information content (AvgIpc) is 3.67. The molecule has 1 saturated carbocycles. The van der Waals surface area contributed by atoms with E-state index in [0.29, 0.717) is 5.56 Å². The molecule has 2 aliphatic rings. The molecule has 11 nitrogen and oxygen atoms in total. The third-order valence-corrected chi connectivity index (χ3v) is 6.04. The van der Waals surface area contributed by atoms with Gasteiger partial charge in [0, 0.05) is 6.20 Å². The lowest BCUT2D eigenvalue weighted by Crippen LogP contribution is -2.47. The lowest BCUT2D eigenvalue weighted by molar-refractivity contribution is -0.176. The molecule has 1 N–H and O–H groups in total. The zero-order chi connectivity index (χ0) is 26.6. The van der Waals surface area contributed by atoms with Crippen LogP contribution in [0.4, 0.5) is 0 Å². The second-order valence-electron chi connectivity index (χ2n) is 9.37. The van der Waals surface area contributed by atoms with Crippen molar-refractivity contribution in [2.24, 2.45) is 17.8 Å². The third-order valence-electron chi connectivity index (χ3n) is 6.04. The number of rotatable bonds is 7. The van der Waals surface area contributed by atoms with Gasteiger partial charge in [-0.3, -0.25) is 19.2 Å². The maximum Gasteiger partial charge on any atom is 0.332 e. The molecule has 11 heteroatoms. The highest BCUT2D eigenvalue weighted by Gasteiger charge is 2.41. The summed E-state index contributed by atoms with van der Waals surface area (Å²) in [6, 6.07) is 0.225. The fraction of sp³-hybridized carbons (Fsp3) is 0.600. The van der Waals surface area contributed by atoms with Crippen molar-refractivity contribution in [3.05, 3.63) is 23.5 Å². The van der Waals surface area contributed by atoms with E-state index in [9.17, 15) is 24.0 Å². The van der Waals surface area contributed by atoms with Crippen LogP contribution in [-0.2, 0) is 33.4 Å². The normalized spacial score (nSPS) is 24.5. The summed E-state index contributed by atoms with van der Waals surface area (Å²) in [7, 11) is 0. The van der Waals surface area contributed by atoms with E-state index in [2.05, 4.69) is 10.3 Å². The molecule has 0 unspecified atom stereocenters. The highest BCUT2D eigenvalue weighted by Crippen LogP contribution is 2.32. The summed E-state index contributed by atoms with van der Waals surface area (Å²) < 4.78 is 21.7. The molecule has 1 aromatic rings. The Labute approximate surface area is 209 Å². The van der Waals surface area contributed by atoms with Crippen LogP contribution in [0.3, 0.4) is 0 Å². The molecule has 3 rings (SSSR count). The van der Waals surface area contributed by atoms with Gasteiger partial charge in [-0.1, -0.05) is 20.8 Å². The molecule has 1 aliphatic heterocycles. The number of nitrogens with zero attached hydrogens (tertiary/aromatic N) is 1. The summed E-state index contributed by atoms with van der Waals surface area (Å²) in [5, 5.41) is 2.46. The van der Waals surface area contributed by atoms with Gasteiger partial charge >= 0.3 is 23.9 Å². The van der Waals surface area contributed by atoms with Gasteiger partial charge in [0.1, 0.15) is 12.7 Å². The van der Waals surface area contributed by atoms with Gasteiger partial charge in [-0.05, 0) is 44.7 Å². The van der Waals surface area contributed by atoms with E-state index in [4.69, 9.17) is 18.9 Å². The number of ether oxygens (including phenoxy) is 4. The molecule has 2 heterocycles. The average molecular weight is 505 g/mol. The van der Waals surface area contributed by atoms with Crippen molar-refractivity contribution in [2.45, 2.75) is 72.1 Å². The van der Waals surface area contributed by atoms with Gasteiger partial charge in [-0.2, -0.15) is 0 Å². The monoisotopic (exact) mass is 504 g/mol. The number of esters is 4. The van der Waals surface area contributed by atoms with Gasteiger partial charge in [-0.25, -0.2) is 9.78 Å². The number of aryl methyl sites for hydroxylation is 1. The first-order valence-electron chi connectivity index (χ1n) is 12.1. The number of carbonyl (C=O) groups excluding carboxylic acids is 5. The molecule has 2 fully saturated rings. The van der Waals surface area contributed by atoms with Crippen LogP contribution in [0.1, 0.15) is 63.0 Å². The Hall–Kier alpha value is -3.50. The van der Waals surface area contributed by atoms with Crippen LogP contribution in [0.2, 0.25) is 0 Å². The van der Waals surface area contributed by atoms with Crippen molar-refractivity contribution in [1.29, 1.82) is 0 Å². The van der Waals surface area contributed by atoms with E-state index in [1.165, 1.54) is 13.1 Å². The molecule has 0 spiro atoms. The van der Waals surface area contributed by atoms with Crippen molar-refractivity contribution in [1.82, 2.24) is 10.3 Å². The second kappa shape index (κ2) is 11.5. The van der Waals surface area contributed by atoms with Gasteiger partial charge in [-0.15, -0.1) is 0 Å². The first-order chi connectivity index (χ1) is 17.0. The van der Waals surface area contributed by atoms with E-state index in [1.807, 2.05) is 0 Å². The van der Waals surface area contributed by atoms with Gasteiger partial charge in [0.2, 0.25) is 0 Å². The topological polar surface area (TPSA) is 147 Å². The number of nitrogens with one attached hydrogen (secondary N) is 1. The zero-order valence-corrected chi connectivity index (χ0v) is 21.1. The Kier molecular flexibility index (Phi) is 8.65. The van der Waals surface area contributed by atoms with Gasteiger partial charge < -0.3 is 24.3 Å². The first-order valence-corrected chi connectivity index (χ1v) is 12.1. The van der Waals surface area contributed by atoms with Crippen LogP contribution < -0.4 is 10.1 Å². The largest absolute Gasteiger partial charge is 0.463 e. The van der Waals surface area contributed by atoms with Gasteiger partial charge in [0.15, 0.2) is 23.6 Å². The minimum absolute atomic E-state index is 0.000375. The predicted molar refractivity (Wildman–Crippen MR) is 124 cm³/mol. The molecular weight excluding hydrogens is 472 g/mol. The number of aromatic nitrogens is 1. The Bertz CT molecular complexity index is 1030. The highest BCUT2D eigenvalue weighted by atomic mass is 16.6. The summed E-state index contributed by atoms with van der Waals surface area (Å²) in [6.07, 6.45) is 1.07. The quantitative estimate of drug-likeness (QED) is 0.431. The van der Waals surface area contributed by atoms with Crippen LogP contribution in [-0.4, -0.2) is 59.6 Å². The number of pyridine rings is 1. The maximum atomic E-state index is 13.1. The summed E-state index contributed by atoms with van der Waals surface area (Å²) in [4.78, 5) is 67.2. The van der Waals surface area contributed by atoms with E-state index in [1.54, 1.807) is 33.8 Å². The summed E-state index contributed by atoms with van der Waals surface area (Å²) >= 11 is 0. The Morgan fingerprint density at radius 3 is 2.50 bits per heavy atom. The van der Waals surface area contributed by atoms with E-state index in [0.717, 1.165) is 12.8 Å². The van der Waals surface area contributed by atoms with Crippen LogP contribution in [0.5, 0.6) is 5.75 Å². The van der Waals surface area contributed by atoms with Crippen LogP contribution in [0.15, 0.2) is 12.3 Å². The smallest absolute Gasteiger partial charge is 0.332 e. The van der Waals surface area contributed by atoms with E-state index < -0.39 is 66.5 Å². The molecular formula is C25H32N2O9. The Morgan fingerprint density at radius 1 is 1.19 bits per heavy atom. The van der Waals surface area contributed by atoms with Gasteiger partial charge in [0.05, 0.1) is 17.8 Å².